The quantitative estimate of drug-likeness (QED) is 0.658. The summed E-state index contributed by atoms with van der Waals surface area (Å²) in [5.74, 6) is 2.06. The standard InChI is InChI=1S/C20H23N7O2/c28-19-3-2-18(26-8-1-7-23-26)24-27(19)12-15-4-9-25(10-5-15)20-16-13-29-11-6-17(16)21-14-22-20/h1-3,7-8,14-15H,4-6,9-13H2. The van der Waals surface area contributed by atoms with Gasteiger partial charge < -0.3 is 9.64 Å². The predicted octanol–water partition coefficient (Wildman–Crippen LogP) is 1.21. The smallest absolute Gasteiger partial charge is 0.266 e. The van der Waals surface area contributed by atoms with Crippen LogP contribution in [0.3, 0.4) is 0 Å². The summed E-state index contributed by atoms with van der Waals surface area (Å²) in [6.45, 7) is 3.74. The summed E-state index contributed by atoms with van der Waals surface area (Å²) < 4.78 is 8.86. The summed E-state index contributed by atoms with van der Waals surface area (Å²) >= 11 is 0. The molecule has 150 valence electrons. The van der Waals surface area contributed by atoms with Crippen LogP contribution in [0.5, 0.6) is 0 Å². The molecule has 29 heavy (non-hydrogen) atoms. The van der Waals surface area contributed by atoms with E-state index in [0.29, 0.717) is 24.9 Å². The second-order valence-corrected chi connectivity index (χ2v) is 7.52. The minimum atomic E-state index is -0.0784. The van der Waals surface area contributed by atoms with E-state index in [1.165, 1.54) is 0 Å². The highest BCUT2D eigenvalue weighted by molar-refractivity contribution is 5.49. The summed E-state index contributed by atoms with van der Waals surface area (Å²) in [5, 5.41) is 8.69. The summed E-state index contributed by atoms with van der Waals surface area (Å²) in [5.41, 5.74) is 2.15. The predicted molar refractivity (Wildman–Crippen MR) is 106 cm³/mol. The lowest BCUT2D eigenvalue weighted by Gasteiger charge is -2.34. The normalized spacial score (nSPS) is 17.3. The molecule has 5 heterocycles. The van der Waals surface area contributed by atoms with E-state index in [0.717, 1.165) is 56.0 Å². The van der Waals surface area contributed by atoms with Gasteiger partial charge in [0, 0.05) is 50.1 Å². The number of fused-ring (bicyclic) bond motifs is 1. The van der Waals surface area contributed by atoms with Crippen LogP contribution in [-0.4, -0.2) is 49.2 Å². The molecule has 0 N–H and O–H groups in total. The molecule has 0 atom stereocenters. The second-order valence-electron chi connectivity index (χ2n) is 7.52. The lowest BCUT2D eigenvalue weighted by molar-refractivity contribution is 0.109. The van der Waals surface area contributed by atoms with Crippen LogP contribution in [0.15, 0.2) is 41.7 Å². The molecule has 0 radical (unpaired) electrons. The van der Waals surface area contributed by atoms with Crippen LogP contribution >= 0.6 is 0 Å². The summed E-state index contributed by atoms with van der Waals surface area (Å²) in [6.07, 6.45) is 8.00. The van der Waals surface area contributed by atoms with Gasteiger partial charge in [0.2, 0.25) is 0 Å². The van der Waals surface area contributed by atoms with Crippen LogP contribution in [0.25, 0.3) is 5.82 Å². The molecule has 9 heteroatoms. The summed E-state index contributed by atoms with van der Waals surface area (Å²) in [6, 6.07) is 5.10. The van der Waals surface area contributed by atoms with Gasteiger partial charge in [-0.15, -0.1) is 5.10 Å². The molecule has 3 aromatic rings. The maximum absolute atomic E-state index is 12.3. The topological polar surface area (TPSA) is 91.0 Å². The average molecular weight is 393 g/mol. The largest absolute Gasteiger partial charge is 0.376 e. The second kappa shape index (κ2) is 7.75. The van der Waals surface area contributed by atoms with Crippen LogP contribution in [-0.2, 0) is 24.3 Å². The van der Waals surface area contributed by atoms with Gasteiger partial charge in [0.15, 0.2) is 5.82 Å². The van der Waals surface area contributed by atoms with Gasteiger partial charge in [-0.3, -0.25) is 4.79 Å². The number of anilines is 1. The van der Waals surface area contributed by atoms with E-state index in [1.807, 2.05) is 12.3 Å². The molecule has 5 rings (SSSR count). The fourth-order valence-corrected chi connectivity index (χ4v) is 4.08. The number of rotatable bonds is 4. The van der Waals surface area contributed by atoms with Crippen LogP contribution in [0.1, 0.15) is 24.1 Å². The Morgan fingerprint density at radius 2 is 2.07 bits per heavy atom. The average Bonchev–Trinajstić information content (AvgIpc) is 3.30. The summed E-state index contributed by atoms with van der Waals surface area (Å²) in [4.78, 5) is 23.6. The van der Waals surface area contributed by atoms with Gasteiger partial charge >= 0.3 is 0 Å². The van der Waals surface area contributed by atoms with Crippen LogP contribution < -0.4 is 10.5 Å². The Balaban J connectivity index is 1.28. The Hall–Kier alpha value is -3.07. The molecule has 0 aliphatic carbocycles. The highest BCUT2D eigenvalue weighted by atomic mass is 16.5. The van der Waals surface area contributed by atoms with Gasteiger partial charge in [0.05, 0.1) is 18.9 Å². The Morgan fingerprint density at radius 3 is 2.90 bits per heavy atom. The van der Waals surface area contributed by atoms with Crippen molar-refractivity contribution >= 4 is 5.82 Å². The van der Waals surface area contributed by atoms with E-state index in [-0.39, 0.29) is 5.56 Å². The summed E-state index contributed by atoms with van der Waals surface area (Å²) in [7, 11) is 0. The zero-order valence-corrected chi connectivity index (χ0v) is 16.1. The first-order chi connectivity index (χ1) is 14.3. The van der Waals surface area contributed by atoms with Gasteiger partial charge in [-0.05, 0) is 30.9 Å². The number of aromatic nitrogens is 6. The molecule has 0 saturated carbocycles. The fourth-order valence-electron chi connectivity index (χ4n) is 4.08. The lowest BCUT2D eigenvalue weighted by atomic mass is 9.96. The molecular formula is C20H23N7O2. The minimum absolute atomic E-state index is 0.0784. The molecule has 0 unspecified atom stereocenters. The van der Waals surface area contributed by atoms with Crippen LogP contribution in [0.4, 0.5) is 5.82 Å². The van der Waals surface area contributed by atoms with Crippen LogP contribution in [0.2, 0.25) is 0 Å². The van der Waals surface area contributed by atoms with Crippen molar-refractivity contribution in [3.8, 4) is 5.82 Å². The molecule has 0 spiro atoms. The Bertz CT molecular complexity index is 1040. The maximum Gasteiger partial charge on any atom is 0.266 e. The van der Waals surface area contributed by atoms with Gasteiger partial charge in [-0.2, -0.15) is 5.10 Å². The van der Waals surface area contributed by atoms with Crippen molar-refractivity contribution in [3.05, 3.63) is 58.5 Å². The van der Waals surface area contributed by atoms with Crippen molar-refractivity contribution in [2.24, 2.45) is 5.92 Å². The number of ether oxygens (including phenoxy) is 1. The van der Waals surface area contributed by atoms with Gasteiger partial charge in [0.1, 0.15) is 12.1 Å². The van der Waals surface area contributed by atoms with Crippen molar-refractivity contribution < 1.29 is 4.74 Å². The third-order valence-electron chi connectivity index (χ3n) is 5.68. The van der Waals surface area contributed by atoms with E-state index in [9.17, 15) is 4.79 Å². The van der Waals surface area contributed by atoms with Crippen LogP contribution in [0, 0.1) is 5.92 Å². The van der Waals surface area contributed by atoms with Gasteiger partial charge in [0.25, 0.3) is 5.56 Å². The zero-order valence-electron chi connectivity index (χ0n) is 16.1. The molecule has 0 aromatic carbocycles. The third-order valence-corrected chi connectivity index (χ3v) is 5.68. The molecule has 2 aliphatic rings. The molecular weight excluding hydrogens is 370 g/mol. The Labute approximate surface area is 168 Å². The first kappa shape index (κ1) is 18.0. The highest BCUT2D eigenvalue weighted by Gasteiger charge is 2.25. The highest BCUT2D eigenvalue weighted by Crippen LogP contribution is 2.28. The Kier molecular flexibility index (Phi) is 4.81. The van der Waals surface area contributed by atoms with E-state index >= 15 is 0 Å². The van der Waals surface area contributed by atoms with Gasteiger partial charge in [-0.1, -0.05) is 0 Å². The molecule has 0 amide bonds. The monoisotopic (exact) mass is 393 g/mol. The maximum atomic E-state index is 12.3. The molecule has 9 nitrogen and oxygen atoms in total. The van der Waals surface area contributed by atoms with E-state index in [4.69, 9.17) is 4.74 Å². The SMILES string of the molecule is O=c1ccc(-n2cccn2)nn1CC1CCN(c2ncnc3c2COCC3)CC1. The number of hydrogen-bond acceptors (Lipinski definition) is 7. The lowest BCUT2D eigenvalue weighted by Crippen LogP contribution is -2.38. The fraction of sp³-hybridized carbons (Fsp3) is 0.450. The number of piperidine rings is 1. The van der Waals surface area contributed by atoms with Crippen molar-refractivity contribution in [3.63, 3.8) is 0 Å². The molecule has 0 bridgehead atoms. The number of hydrogen-bond donors (Lipinski definition) is 0. The first-order valence-corrected chi connectivity index (χ1v) is 10.0. The molecule has 1 fully saturated rings. The van der Waals surface area contributed by atoms with Gasteiger partial charge in [-0.25, -0.2) is 19.3 Å². The van der Waals surface area contributed by atoms with E-state index < -0.39 is 0 Å². The third kappa shape index (κ3) is 3.65. The Morgan fingerprint density at radius 1 is 1.17 bits per heavy atom. The minimum Gasteiger partial charge on any atom is -0.376 e. The molecule has 1 saturated heterocycles. The molecule has 3 aromatic heterocycles. The van der Waals surface area contributed by atoms with E-state index in [2.05, 4.69) is 25.1 Å². The zero-order chi connectivity index (χ0) is 19.6. The number of nitrogens with zero attached hydrogens (tertiary/aromatic N) is 7. The van der Waals surface area contributed by atoms with Crippen molar-refractivity contribution in [2.45, 2.75) is 32.4 Å². The van der Waals surface area contributed by atoms with Crippen molar-refractivity contribution in [1.29, 1.82) is 0 Å². The first-order valence-electron chi connectivity index (χ1n) is 10.0. The molecule has 2 aliphatic heterocycles. The van der Waals surface area contributed by atoms with E-state index in [1.54, 1.807) is 34.0 Å². The van der Waals surface area contributed by atoms with Crippen molar-refractivity contribution in [2.75, 3.05) is 24.6 Å². The van der Waals surface area contributed by atoms with Crippen molar-refractivity contribution in [1.82, 2.24) is 29.5 Å².